The summed E-state index contributed by atoms with van der Waals surface area (Å²) in [4.78, 5) is 27.5. The van der Waals surface area contributed by atoms with Gasteiger partial charge in [0.1, 0.15) is 5.54 Å². The van der Waals surface area contributed by atoms with Gasteiger partial charge in [0.2, 0.25) is 0 Å². The van der Waals surface area contributed by atoms with E-state index < -0.39 is 11.5 Å². The number of carbonyl (C=O) groups excluding carboxylic acids is 1. The van der Waals surface area contributed by atoms with E-state index in [4.69, 9.17) is 0 Å². The van der Waals surface area contributed by atoms with Crippen LogP contribution in [-0.4, -0.2) is 34.1 Å². The summed E-state index contributed by atoms with van der Waals surface area (Å²) in [6, 6.07) is 3.71. The lowest BCUT2D eigenvalue weighted by Crippen LogP contribution is -2.55. The number of likely N-dealkylation sites (tertiary alicyclic amines) is 1. The van der Waals surface area contributed by atoms with E-state index in [-0.39, 0.29) is 6.03 Å². The molecule has 0 spiro atoms. The molecule has 1 unspecified atom stereocenters. The van der Waals surface area contributed by atoms with E-state index in [0.29, 0.717) is 25.9 Å². The van der Waals surface area contributed by atoms with Crippen molar-refractivity contribution in [3.05, 3.63) is 21.9 Å². The third-order valence-electron chi connectivity index (χ3n) is 3.93. The van der Waals surface area contributed by atoms with Crippen molar-refractivity contribution >= 4 is 23.3 Å². The van der Waals surface area contributed by atoms with Gasteiger partial charge in [-0.15, -0.1) is 11.3 Å². The van der Waals surface area contributed by atoms with Gasteiger partial charge in [-0.05, 0) is 38.3 Å². The molecule has 1 saturated heterocycles. The third kappa shape index (κ3) is 2.65. The number of nitrogens with zero attached hydrogens (tertiary/aromatic N) is 1. The van der Waals surface area contributed by atoms with Crippen LogP contribution in [0.4, 0.5) is 4.79 Å². The topological polar surface area (TPSA) is 69.6 Å². The first-order valence-electron chi connectivity index (χ1n) is 6.84. The first kappa shape index (κ1) is 14.8. The van der Waals surface area contributed by atoms with Crippen LogP contribution < -0.4 is 5.32 Å². The van der Waals surface area contributed by atoms with E-state index in [1.54, 1.807) is 11.3 Å². The Labute approximate surface area is 122 Å². The zero-order valence-corrected chi connectivity index (χ0v) is 12.6. The standard InChI is InChI=1S/C14H20N2O3S/c1-3-14(12(17)18)7-4-8-16(14)13(19)15-9-11-6-5-10(2)20-11/h5-6H,3-4,7-9H2,1-2H3,(H,15,19)(H,17,18). The van der Waals surface area contributed by atoms with Gasteiger partial charge in [0, 0.05) is 16.3 Å². The van der Waals surface area contributed by atoms with E-state index in [2.05, 4.69) is 5.32 Å². The Bertz CT molecular complexity index is 514. The van der Waals surface area contributed by atoms with Crippen LogP contribution in [0, 0.1) is 6.92 Å². The van der Waals surface area contributed by atoms with Crippen LogP contribution in [-0.2, 0) is 11.3 Å². The van der Waals surface area contributed by atoms with Crippen molar-refractivity contribution in [3.63, 3.8) is 0 Å². The Morgan fingerprint density at radius 3 is 2.80 bits per heavy atom. The van der Waals surface area contributed by atoms with Gasteiger partial charge >= 0.3 is 12.0 Å². The van der Waals surface area contributed by atoms with Gasteiger partial charge in [-0.3, -0.25) is 0 Å². The minimum atomic E-state index is -1.03. The molecule has 0 bridgehead atoms. The fourth-order valence-corrected chi connectivity index (χ4v) is 3.58. The van der Waals surface area contributed by atoms with E-state index in [9.17, 15) is 14.7 Å². The number of carboxylic acids is 1. The number of thiophene rings is 1. The number of rotatable bonds is 4. The van der Waals surface area contributed by atoms with Crippen LogP contribution in [0.1, 0.15) is 35.9 Å². The normalized spacial score (nSPS) is 22.0. The zero-order valence-electron chi connectivity index (χ0n) is 11.8. The highest BCUT2D eigenvalue weighted by molar-refractivity contribution is 7.11. The number of carboxylic acid groups (broad SMARTS) is 1. The van der Waals surface area contributed by atoms with Crippen molar-refractivity contribution in [3.8, 4) is 0 Å². The second-order valence-corrected chi connectivity index (χ2v) is 6.49. The number of aryl methyl sites for hydroxylation is 1. The highest BCUT2D eigenvalue weighted by atomic mass is 32.1. The van der Waals surface area contributed by atoms with Crippen LogP contribution in [0.5, 0.6) is 0 Å². The molecule has 2 amide bonds. The van der Waals surface area contributed by atoms with E-state index >= 15 is 0 Å². The Morgan fingerprint density at radius 2 is 2.25 bits per heavy atom. The average Bonchev–Trinajstić information content (AvgIpc) is 3.02. The average molecular weight is 296 g/mol. The highest BCUT2D eigenvalue weighted by Gasteiger charge is 2.48. The lowest BCUT2D eigenvalue weighted by molar-refractivity contribution is -0.148. The lowest BCUT2D eigenvalue weighted by Gasteiger charge is -2.33. The van der Waals surface area contributed by atoms with Crippen LogP contribution in [0.3, 0.4) is 0 Å². The monoisotopic (exact) mass is 296 g/mol. The van der Waals surface area contributed by atoms with Crippen LogP contribution >= 0.6 is 11.3 Å². The van der Waals surface area contributed by atoms with E-state index in [1.165, 1.54) is 9.78 Å². The molecule has 6 heteroatoms. The van der Waals surface area contributed by atoms with Gasteiger partial charge in [-0.25, -0.2) is 9.59 Å². The highest BCUT2D eigenvalue weighted by Crippen LogP contribution is 2.32. The second kappa shape index (κ2) is 5.83. The van der Waals surface area contributed by atoms with Crippen molar-refractivity contribution in [2.45, 2.75) is 45.2 Å². The SMILES string of the molecule is CCC1(C(=O)O)CCCN1C(=O)NCc1ccc(C)s1. The van der Waals surface area contributed by atoms with Gasteiger partial charge in [0.25, 0.3) is 0 Å². The molecule has 1 aromatic rings. The van der Waals surface area contributed by atoms with Crippen LogP contribution in [0.2, 0.25) is 0 Å². The molecule has 0 saturated carbocycles. The maximum atomic E-state index is 12.3. The molecule has 2 N–H and O–H groups in total. The molecule has 1 atom stereocenters. The fourth-order valence-electron chi connectivity index (χ4n) is 2.75. The lowest BCUT2D eigenvalue weighted by atomic mass is 9.93. The zero-order chi connectivity index (χ0) is 14.8. The smallest absolute Gasteiger partial charge is 0.329 e. The van der Waals surface area contributed by atoms with Gasteiger partial charge in [-0.1, -0.05) is 6.92 Å². The van der Waals surface area contributed by atoms with Gasteiger partial charge in [0.15, 0.2) is 0 Å². The quantitative estimate of drug-likeness (QED) is 0.897. The summed E-state index contributed by atoms with van der Waals surface area (Å²) < 4.78 is 0. The van der Waals surface area contributed by atoms with E-state index in [0.717, 1.165) is 11.3 Å². The first-order valence-corrected chi connectivity index (χ1v) is 7.65. The summed E-state index contributed by atoms with van der Waals surface area (Å²) in [6.45, 7) is 4.80. The molecule has 1 aromatic heterocycles. The molecule has 5 nitrogen and oxygen atoms in total. The van der Waals surface area contributed by atoms with Crippen LogP contribution in [0.25, 0.3) is 0 Å². The van der Waals surface area contributed by atoms with Gasteiger partial charge in [-0.2, -0.15) is 0 Å². The predicted octanol–water partition coefficient (Wildman–Crippen LogP) is 2.60. The molecule has 2 rings (SSSR count). The molecule has 1 fully saturated rings. The molecule has 1 aliphatic rings. The summed E-state index contributed by atoms with van der Waals surface area (Å²) in [5, 5.41) is 12.3. The van der Waals surface area contributed by atoms with Crippen molar-refractivity contribution in [2.75, 3.05) is 6.54 Å². The summed E-state index contributed by atoms with van der Waals surface area (Å²) in [5.41, 5.74) is -1.03. The largest absolute Gasteiger partial charge is 0.479 e. The molecule has 1 aliphatic heterocycles. The van der Waals surface area contributed by atoms with Gasteiger partial charge < -0.3 is 15.3 Å². The maximum absolute atomic E-state index is 12.3. The molecule has 0 radical (unpaired) electrons. The summed E-state index contributed by atoms with van der Waals surface area (Å²) in [7, 11) is 0. The fraction of sp³-hybridized carbons (Fsp3) is 0.571. The molecular weight excluding hydrogens is 276 g/mol. The maximum Gasteiger partial charge on any atom is 0.329 e. The van der Waals surface area contributed by atoms with Crippen molar-refractivity contribution in [2.24, 2.45) is 0 Å². The summed E-state index contributed by atoms with van der Waals surface area (Å²) >= 11 is 1.63. The van der Waals surface area contributed by atoms with Crippen molar-refractivity contribution in [1.29, 1.82) is 0 Å². The third-order valence-corrected chi connectivity index (χ3v) is 4.93. The number of nitrogens with one attached hydrogen (secondary N) is 1. The summed E-state index contributed by atoms with van der Waals surface area (Å²) in [5.74, 6) is -0.903. The minimum absolute atomic E-state index is 0.280. The Kier molecular flexibility index (Phi) is 4.32. The number of urea groups is 1. The predicted molar refractivity (Wildman–Crippen MR) is 77.9 cm³/mol. The molecule has 0 aromatic carbocycles. The number of aliphatic carboxylic acids is 1. The first-order chi connectivity index (χ1) is 9.49. The number of amides is 2. The molecular formula is C14H20N2O3S. The van der Waals surface area contributed by atoms with Crippen molar-refractivity contribution < 1.29 is 14.7 Å². The number of carbonyl (C=O) groups is 2. The van der Waals surface area contributed by atoms with Crippen LogP contribution in [0.15, 0.2) is 12.1 Å². The van der Waals surface area contributed by atoms with E-state index in [1.807, 2.05) is 26.0 Å². The van der Waals surface area contributed by atoms with Crippen molar-refractivity contribution in [1.82, 2.24) is 10.2 Å². The molecule has 0 aliphatic carbocycles. The Morgan fingerprint density at radius 1 is 1.50 bits per heavy atom. The minimum Gasteiger partial charge on any atom is -0.479 e. The summed E-state index contributed by atoms with van der Waals surface area (Å²) in [6.07, 6.45) is 1.71. The molecule has 20 heavy (non-hydrogen) atoms. The number of hydrogen-bond acceptors (Lipinski definition) is 3. The molecule has 2 heterocycles. The number of hydrogen-bond donors (Lipinski definition) is 2. The molecule has 110 valence electrons. The van der Waals surface area contributed by atoms with Gasteiger partial charge in [0.05, 0.1) is 6.54 Å². The second-order valence-electron chi connectivity index (χ2n) is 5.12. The Balaban J connectivity index is 2.02. The Hall–Kier alpha value is -1.56.